The molecule has 2 amide bonds. The van der Waals surface area contributed by atoms with Gasteiger partial charge in [-0.3, -0.25) is 14.4 Å². The zero-order valence-corrected chi connectivity index (χ0v) is 10.3. The summed E-state index contributed by atoms with van der Waals surface area (Å²) in [6.45, 7) is 0.943. The number of thioether (sulfide) groups is 1. The minimum Gasteiger partial charge on any atom is -0.469 e. The summed E-state index contributed by atoms with van der Waals surface area (Å²) in [6.07, 6.45) is 0.631. The van der Waals surface area contributed by atoms with Gasteiger partial charge in [0.05, 0.1) is 13.0 Å². The first kappa shape index (κ1) is 12.2. The monoisotopic (exact) mass is 258 g/mol. The number of likely N-dealkylation sites (tertiary alicyclic amines) is 1. The normalized spacial score (nSPS) is 28.1. The molecule has 0 aromatic heterocycles. The molecule has 0 saturated carbocycles. The Kier molecular flexibility index (Phi) is 3.56. The number of amides is 2. The first-order valence-corrected chi connectivity index (χ1v) is 6.40. The largest absolute Gasteiger partial charge is 0.469 e. The highest BCUT2D eigenvalue weighted by Gasteiger charge is 2.37. The molecule has 7 heteroatoms. The van der Waals surface area contributed by atoms with Crippen molar-refractivity contribution in [2.75, 3.05) is 26.0 Å². The number of nitrogens with zero attached hydrogens (tertiary/aromatic N) is 1. The summed E-state index contributed by atoms with van der Waals surface area (Å²) in [5, 5.41) is 2.45. The Morgan fingerprint density at radius 2 is 2.29 bits per heavy atom. The van der Waals surface area contributed by atoms with E-state index in [4.69, 9.17) is 0 Å². The lowest BCUT2D eigenvalue weighted by atomic mass is 10.1. The zero-order chi connectivity index (χ0) is 12.4. The molecule has 2 unspecified atom stereocenters. The van der Waals surface area contributed by atoms with Crippen LogP contribution in [0.5, 0.6) is 0 Å². The molecule has 2 rings (SSSR count). The fraction of sp³-hybridized carbons (Fsp3) is 0.700. The molecule has 2 aliphatic rings. The molecule has 2 heterocycles. The van der Waals surface area contributed by atoms with Gasteiger partial charge >= 0.3 is 5.97 Å². The number of hydrogen-bond acceptors (Lipinski definition) is 5. The van der Waals surface area contributed by atoms with Crippen LogP contribution >= 0.6 is 11.8 Å². The molecule has 0 aliphatic carbocycles. The third-order valence-electron chi connectivity index (χ3n) is 3.01. The number of carbonyl (C=O) groups excluding carboxylic acids is 3. The molecule has 0 bridgehead atoms. The van der Waals surface area contributed by atoms with Crippen molar-refractivity contribution in [3.63, 3.8) is 0 Å². The number of ether oxygens (including phenoxy) is 1. The Labute approximate surface area is 103 Å². The molecule has 2 aliphatic heterocycles. The van der Waals surface area contributed by atoms with Gasteiger partial charge in [0.25, 0.3) is 5.24 Å². The highest BCUT2D eigenvalue weighted by atomic mass is 32.2. The van der Waals surface area contributed by atoms with Crippen molar-refractivity contribution in [1.82, 2.24) is 10.2 Å². The van der Waals surface area contributed by atoms with Gasteiger partial charge < -0.3 is 15.0 Å². The van der Waals surface area contributed by atoms with E-state index in [0.29, 0.717) is 25.3 Å². The summed E-state index contributed by atoms with van der Waals surface area (Å²) < 4.78 is 4.65. The Morgan fingerprint density at radius 3 is 2.88 bits per heavy atom. The number of methoxy groups -OCH3 is 1. The number of esters is 1. The molecule has 0 spiro atoms. The van der Waals surface area contributed by atoms with E-state index in [9.17, 15) is 14.4 Å². The molecule has 2 atom stereocenters. The van der Waals surface area contributed by atoms with Gasteiger partial charge in [0.15, 0.2) is 0 Å². The SMILES string of the molecule is COC(=O)C1CCN(C(=O)C2CSC(=O)N2)C1. The van der Waals surface area contributed by atoms with Crippen LogP contribution in [0.1, 0.15) is 6.42 Å². The number of hydrogen-bond donors (Lipinski definition) is 1. The van der Waals surface area contributed by atoms with E-state index in [1.54, 1.807) is 4.90 Å². The van der Waals surface area contributed by atoms with Crippen LogP contribution < -0.4 is 5.32 Å². The number of carbonyl (C=O) groups is 3. The maximum Gasteiger partial charge on any atom is 0.310 e. The van der Waals surface area contributed by atoms with Crippen LogP contribution in [-0.2, 0) is 14.3 Å². The standard InChI is InChI=1S/C10H14N2O4S/c1-16-9(14)6-2-3-12(4-6)8(13)7-5-17-10(15)11-7/h6-7H,2-5H2,1H3,(H,11,15). The lowest BCUT2D eigenvalue weighted by Gasteiger charge is -2.19. The van der Waals surface area contributed by atoms with Crippen molar-refractivity contribution in [3.8, 4) is 0 Å². The molecule has 0 aromatic carbocycles. The summed E-state index contributed by atoms with van der Waals surface area (Å²) in [6, 6.07) is -0.441. The van der Waals surface area contributed by atoms with Gasteiger partial charge in [-0.2, -0.15) is 0 Å². The maximum atomic E-state index is 12.0. The predicted octanol–water partition coefficient (Wildman–Crippen LogP) is -0.167. The Hall–Kier alpha value is -1.24. The average molecular weight is 258 g/mol. The smallest absolute Gasteiger partial charge is 0.310 e. The van der Waals surface area contributed by atoms with Gasteiger partial charge in [0.2, 0.25) is 5.91 Å². The van der Waals surface area contributed by atoms with E-state index in [-0.39, 0.29) is 23.0 Å². The summed E-state index contributed by atoms with van der Waals surface area (Å²) in [4.78, 5) is 35.9. The van der Waals surface area contributed by atoms with Crippen LogP contribution in [0, 0.1) is 5.92 Å². The van der Waals surface area contributed by atoms with Crippen LogP contribution in [-0.4, -0.2) is 54.0 Å². The van der Waals surface area contributed by atoms with E-state index >= 15 is 0 Å². The third-order valence-corrected chi connectivity index (χ3v) is 3.89. The van der Waals surface area contributed by atoms with Gasteiger partial charge in [-0.25, -0.2) is 0 Å². The van der Waals surface area contributed by atoms with Gasteiger partial charge in [-0.1, -0.05) is 11.8 Å². The van der Waals surface area contributed by atoms with Crippen molar-refractivity contribution >= 4 is 28.9 Å². The van der Waals surface area contributed by atoms with E-state index in [0.717, 1.165) is 11.8 Å². The molecule has 6 nitrogen and oxygen atoms in total. The second-order valence-corrected chi connectivity index (χ2v) is 5.08. The minimum atomic E-state index is -0.441. The van der Waals surface area contributed by atoms with Crippen molar-refractivity contribution in [1.29, 1.82) is 0 Å². The molecule has 17 heavy (non-hydrogen) atoms. The summed E-state index contributed by atoms with van der Waals surface area (Å²) >= 11 is 1.11. The fourth-order valence-electron chi connectivity index (χ4n) is 2.06. The second-order valence-electron chi connectivity index (χ2n) is 4.09. The van der Waals surface area contributed by atoms with Gasteiger partial charge in [0.1, 0.15) is 6.04 Å². The lowest BCUT2D eigenvalue weighted by Crippen LogP contribution is -2.44. The third kappa shape index (κ3) is 2.54. The van der Waals surface area contributed by atoms with E-state index in [1.165, 1.54) is 7.11 Å². The highest BCUT2D eigenvalue weighted by molar-refractivity contribution is 8.14. The van der Waals surface area contributed by atoms with Crippen molar-refractivity contribution in [2.45, 2.75) is 12.5 Å². The Morgan fingerprint density at radius 1 is 1.53 bits per heavy atom. The Bertz CT molecular complexity index is 360. The molecule has 2 saturated heterocycles. The van der Waals surface area contributed by atoms with Crippen molar-refractivity contribution < 1.29 is 19.1 Å². The van der Waals surface area contributed by atoms with E-state index in [2.05, 4.69) is 10.1 Å². The van der Waals surface area contributed by atoms with E-state index < -0.39 is 6.04 Å². The average Bonchev–Trinajstić information content (AvgIpc) is 2.95. The minimum absolute atomic E-state index is 0.102. The van der Waals surface area contributed by atoms with Crippen LogP contribution in [0.25, 0.3) is 0 Å². The molecule has 0 radical (unpaired) electrons. The van der Waals surface area contributed by atoms with Crippen LogP contribution in [0.4, 0.5) is 4.79 Å². The number of nitrogens with one attached hydrogen (secondary N) is 1. The molecule has 94 valence electrons. The highest BCUT2D eigenvalue weighted by Crippen LogP contribution is 2.21. The quantitative estimate of drug-likeness (QED) is 0.696. The fourth-order valence-corrected chi connectivity index (χ4v) is 2.83. The van der Waals surface area contributed by atoms with E-state index in [1.807, 2.05) is 0 Å². The van der Waals surface area contributed by atoms with Crippen LogP contribution in [0.3, 0.4) is 0 Å². The second kappa shape index (κ2) is 4.95. The topological polar surface area (TPSA) is 75.7 Å². The molecule has 2 fully saturated rings. The number of rotatable bonds is 2. The van der Waals surface area contributed by atoms with Crippen molar-refractivity contribution in [3.05, 3.63) is 0 Å². The summed E-state index contributed by atoms with van der Waals surface area (Å²) in [5.41, 5.74) is 0. The van der Waals surface area contributed by atoms with Crippen LogP contribution in [0.15, 0.2) is 0 Å². The maximum absolute atomic E-state index is 12.0. The molecule has 1 N–H and O–H groups in total. The first-order chi connectivity index (χ1) is 8.11. The summed E-state index contributed by atoms with van der Waals surface area (Å²) in [7, 11) is 1.35. The van der Waals surface area contributed by atoms with Crippen molar-refractivity contribution in [2.24, 2.45) is 5.92 Å². The van der Waals surface area contributed by atoms with Gasteiger partial charge in [0, 0.05) is 18.8 Å². The zero-order valence-electron chi connectivity index (χ0n) is 9.47. The van der Waals surface area contributed by atoms with Gasteiger partial charge in [-0.05, 0) is 6.42 Å². The molecular weight excluding hydrogens is 244 g/mol. The molecule has 0 aromatic rings. The predicted molar refractivity (Wildman–Crippen MR) is 61.5 cm³/mol. The molecular formula is C10H14N2O4S. The first-order valence-electron chi connectivity index (χ1n) is 5.41. The lowest BCUT2D eigenvalue weighted by molar-refractivity contribution is -0.145. The van der Waals surface area contributed by atoms with Gasteiger partial charge in [-0.15, -0.1) is 0 Å². The summed E-state index contributed by atoms with van der Waals surface area (Å²) in [5.74, 6) is -0.134. The Balaban J connectivity index is 1.90. The van der Waals surface area contributed by atoms with Crippen LogP contribution in [0.2, 0.25) is 0 Å².